The first-order chi connectivity index (χ1) is 7.57. The molecule has 0 saturated carbocycles. The summed E-state index contributed by atoms with van der Waals surface area (Å²) in [5.41, 5.74) is 0. The van der Waals surface area contributed by atoms with E-state index in [1.807, 2.05) is 0 Å². The molecule has 2 nitrogen and oxygen atoms in total. The molecule has 7 heavy (non-hydrogen) atoms. The summed E-state index contributed by atoms with van der Waals surface area (Å²) < 4.78 is 80.6. The van der Waals surface area contributed by atoms with Gasteiger partial charge in [-0.2, -0.15) is 0 Å². The average Bonchev–Trinajstić information content (AvgIpc) is 1.93. The number of hydrogen-bond acceptors (Lipinski definition) is 2. The van der Waals surface area contributed by atoms with Crippen LogP contribution in [0.15, 0.2) is 0 Å². The minimum atomic E-state index is -3.34. The summed E-state index contributed by atoms with van der Waals surface area (Å²) in [6, 6.07) is 0. The van der Waals surface area contributed by atoms with Crippen LogP contribution in [0.1, 0.15) is 15.1 Å². The van der Waals surface area contributed by atoms with E-state index in [-0.39, 0.29) is 4.90 Å². The largest absolute Gasteiger partial charge is 0.314 e. The maximum Gasteiger partial charge on any atom is 0.0444 e. The maximum absolute atomic E-state index is 7.46. The molecule has 1 aliphatic rings. The molecule has 1 N–H and O–H groups in total. The summed E-state index contributed by atoms with van der Waals surface area (Å²) in [5.74, 6) is 0. The monoisotopic (exact) mass is 112 g/mol. The van der Waals surface area contributed by atoms with Crippen LogP contribution >= 0.6 is 0 Å². The highest BCUT2D eigenvalue weighted by Crippen LogP contribution is 1.82. The van der Waals surface area contributed by atoms with Crippen molar-refractivity contribution in [2.75, 3.05) is 33.0 Å². The van der Waals surface area contributed by atoms with Gasteiger partial charge in [0.2, 0.25) is 0 Å². The Labute approximate surface area is 60.0 Å². The van der Waals surface area contributed by atoms with Crippen molar-refractivity contribution in [1.82, 2.24) is 10.2 Å². The van der Waals surface area contributed by atoms with Crippen LogP contribution in [0.3, 0.4) is 0 Å². The Bertz CT molecular complexity index is 318. The highest BCUT2D eigenvalue weighted by molar-refractivity contribution is 4.62. The van der Waals surface area contributed by atoms with Gasteiger partial charge in [-0.05, 0) is 6.98 Å². The predicted molar refractivity (Wildman–Crippen MR) is 30.4 cm³/mol. The first kappa shape index (κ1) is 0.755. The van der Waals surface area contributed by atoms with Gasteiger partial charge in [0, 0.05) is 41.1 Å². The van der Waals surface area contributed by atoms with E-state index in [0.717, 1.165) is 0 Å². The summed E-state index contributed by atoms with van der Waals surface area (Å²) in [5, 5.41) is 1.54. The zero-order chi connectivity index (χ0) is 14.8. The summed E-state index contributed by atoms with van der Waals surface area (Å²) in [4.78, 5) is -0.385. The van der Waals surface area contributed by atoms with Crippen molar-refractivity contribution >= 4 is 0 Å². The summed E-state index contributed by atoms with van der Waals surface area (Å²) in [7, 11) is 0. The molecule has 1 fully saturated rings. The maximum atomic E-state index is 7.46. The fraction of sp³-hybridized carbons (Fsp3) is 1.00. The predicted octanol–water partition coefficient (Wildman–Crippen LogP) is -0.479. The quantitative estimate of drug-likeness (QED) is 0.426. The van der Waals surface area contributed by atoms with Gasteiger partial charge in [0.25, 0.3) is 0 Å². The van der Waals surface area contributed by atoms with Gasteiger partial charge in [-0.15, -0.1) is 0 Å². The Morgan fingerprint density at radius 3 is 3.00 bits per heavy atom. The SMILES string of the molecule is [2H]C1([2H])NC([2H])([2H])C([2H])([2H])N([13C]([2H])([2H])[2H])C1([2H])[2H]. The Morgan fingerprint density at radius 2 is 2.43 bits per heavy atom. The molecule has 0 atom stereocenters. The van der Waals surface area contributed by atoms with E-state index in [1.165, 1.54) is 5.32 Å². The van der Waals surface area contributed by atoms with Gasteiger partial charge < -0.3 is 10.2 Å². The standard InChI is InChI=1S/C5H12N2/c1-7-4-2-6-3-5-7/h6H,2-5H2,1H3/i1+1D3,2D2,3D2,4D2,5D2. The summed E-state index contributed by atoms with van der Waals surface area (Å²) in [6.07, 6.45) is 0. The number of hydrogen-bond donors (Lipinski definition) is 1. The number of piperazine rings is 1. The highest BCUT2D eigenvalue weighted by atomic mass is 15.2. The van der Waals surface area contributed by atoms with E-state index in [9.17, 15) is 0 Å². The van der Waals surface area contributed by atoms with Crippen LogP contribution < -0.4 is 5.32 Å². The van der Waals surface area contributed by atoms with Gasteiger partial charge >= 0.3 is 0 Å². The molecule has 0 amide bonds. The second-order valence-corrected chi connectivity index (χ2v) is 0.934. The van der Waals surface area contributed by atoms with E-state index in [1.54, 1.807) is 0 Å². The molecule has 0 spiro atoms. The van der Waals surface area contributed by atoms with E-state index >= 15 is 0 Å². The van der Waals surface area contributed by atoms with Gasteiger partial charge in [0.1, 0.15) is 0 Å². The zero-order valence-electron chi connectivity index (χ0n) is 14.4. The highest BCUT2D eigenvalue weighted by Gasteiger charge is 2.01. The second-order valence-electron chi connectivity index (χ2n) is 0.934. The third-order valence-electron chi connectivity index (χ3n) is 0.460. The van der Waals surface area contributed by atoms with Crippen LogP contribution in [-0.2, 0) is 0 Å². The lowest BCUT2D eigenvalue weighted by Gasteiger charge is -2.21. The molecule has 0 aliphatic carbocycles. The smallest absolute Gasteiger partial charge is 0.0444 e. The first-order valence-corrected chi connectivity index (χ1v) is 1.67. The van der Waals surface area contributed by atoms with Crippen molar-refractivity contribution in [3.05, 3.63) is 0 Å². The van der Waals surface area contributed by atoms with Crippen molar-refractivity contribution in [2.45, 2.75) is 0 Å². The molecule has 0 aromatic carbocycles. The van der Waals surface area contributed by atoms with E-state index in [4.69, 9.17) is 15.1 Å². The molecule has 2 heteroatoms. The lowest BCUT2D eigenvalue weighted by molar-refractivity contribution is 0.291. The van der Waals surface area contributed by atoms with Gasteiger partial charge in [-0.3, -0.25) is 0 Å². The van der Waals surface area contributed by atoms with E-state index in [2.05, 4.69) is 0 Å². The van der Waals surface area contributed by atoms with Crippen LogP contribution in [0.4, 0.5) is 0 Å². The van der Waals surface area contributed by atoms with Crippen LogP contribution in [0.2, 0.25) is 0 Å². The Hall–Kier alpha value is -0.0800. The van der Waals surface area contributed by atoms with Gasteiger partial charge in [0.05, 0.1) is 0 Å². The molecule has 0 aromatic rings. The zero-order valence-corrected chi connectivity index (χ0v) is 3.45. The van der Waals surface area contributed by atoms with Crippen molar-refractivity contribution < 1.29 is 15.1 Å². The van der Waals surface area contributed by atoms with Crippen molar-refractivity contribution in [3.8, 4) is 0 Å². The Balaban J connectivity index is 3.48. The summed E-state index contributed by atoms with van der Waals surface area (Å²) >= 11 is 0. The first-order valence-electron chi connectivity index (χ1n) is 7.17. The summed E-state index contributed by atoms with van der Waals surface area (Å²) in [6.45, 7) is -16.0. The van der Waals surface area contributed by atoms with Crippen LogP contribution in [0.25, 0.3) is 0 Å². The van der Waals surface area contributed by atoms with Crippen LogP contribution in [-0.4, -0.2) is 37.9 Å². The molecule has 1 heterocycles. The molecule has 42 valence electrons. The minimum absolute atomic E-state index is 0.385. The average molecular weight is 112 g/mol. The molecule has 0 radical (unpaired) electrons. The van der Waals surface area contributed by atoms with Crippen molar-refractivity contribution in [1.29, 1.82) is 0 Å². The molecule has 0 unspecified atom stereocenters. The number of likely N-dealkylation sites (N-methyl/N-ethyl adjacent to an activating group) is 1. The topological polar surface area (TPSA) is 15.3 Å². The fourth-order valence-electron chi connectivity index (χ4n) is 0.227. The van der Waals surface area contributed by atoms with Crippen molar-refractivity contribution in [2.24, 2.45) is 0 Å². The van der Waals surface area contributed by atoms with Crippen LogP contribution in [0.5, 0.6) is 0 Å². The third-order valence-corrected chi connectivity index (χ3v) is 0.460. The lowest BCUT2D eigenvalue weighted by atomic mass is 10.4. The van der Waals surface area contributed by atoms with E-state index < -0.39 is 33.0 Å². The van der Waals surface area contributed by atoms with Gasteiger partial charge in [-0.1, -0.05) is 0 Å². The minimum Gasteiger partial charge on any atom is -0.314 e. The Morgan fingerprint density at radius 1 is 1.71 bits per heavy atom. The molecule has 0 aromatic heterocycles. The number of nitrogens with zero attached hydrogens (tertiary/aromatic N) is 1. The van der Waals surface area contributed by atoms with Gasteiger partial charge in [0.15, 0.2) is 0 Å². The fourth-order valence-corrected chi connectivity index (χ4v) is 0.227. The molecule has 1 saturated heterocycles. The molecule has 1 rings (SSSR count). The number of nitrogens with one attached hydrogen (secondary N) is 1. The second kappa shape index (κ2) is 2.28. The van der Waals surface area contributed by atoms with Crippen LogP contribution in [0, 0.1) is 0 Å². The normalized spacial score (nSPS) is 79.1. The Kier molecular flexibility index (Phi) is 0.246. The number of rotatable bonds is 0. The molecule has 1 aliphatic heterocycles. The molecular formula is C5H12N2. The molecular weight excluding hydrogens is 89.1 g/mol. The van der Waals surface area contributed by atoms with Crippen molar-refractivity contribution in [3.63, 3.8) is 0 Å². The third kappa shape index (κ3) is 1.45. The van der Waals surface area contributed by atoms with E-state index in [0.29, 0.717) is 0 Å². The molecule has 0 bridgehead atoms. The lowest BCUT2D eigenvalue weighted by Crippen LogP contribution is -2.40. The van der Waals surface area contributed by atoms with Gasteiger partial charge in [-0.25, -0.2) is 0 Å².